The first-order valence-corrected chi connectivity index (χ1v) is 12.8. The zero-order valence-corrected chi connectivity index (χ0v) is 18.3. The van der Waals surface area contributed by atoms with Gasteiger partial charge in [0.05, 0.1) is 4.90 Å². The second-order valence-electron chi connectivity index (χ2n) is 9.19. The third-order valence-electron chi connectivity index (χ3n) is 7.22. The van der Waals surface area contributed by atoms with E-state index >= 15 is 0 Å². The van der Waals surface area contributed by atoms with Gasteiger partial charge in [-0.25, -0.2) is 8.42 Å². The summed E-state index contributed by atoms with van der Waals surface area (Å²) in [5.41, 5.74) is 2.48. The number of benzene rings is 1. The Morgan fingerprint density at radius 1 is 0.966 bits per heavy atom. The average molecular weight is 419 g/mol. The highest BCUT2D eigenvalue weighted by Crippen LogP contribution is 2.29. The Hall–Kier alpha value is -1.40. The van der Waals surface area contributed by atoms with Gasteiger partial charge in [-0.05, 0) is 80.5 Å². The fourth-order valence-electron chi connectivity index (χ4n) is 5.21. The molecule has 1 aromatic carbocycles. The fraction of sp³-hybridized carbons (Fsp3) is 0.696. The van der Waals surface area contributed by atoms with Crippen molar-refractivity contribution in [3.8, 4) is 0 Å². The average Bonchev–Trinajstić information content (AvgIpc) is 2.75. The summed E-state index contributed by atoms with van der Waals surface area (Å²) in [6.07, 6.45) is 10.3. The molecule has 2 unspecified atom stereocenters. The predicted molar refractivity (Wildman–Crippen MR) is 114 cm³/mol. The van der Waals surface area contributed by atoms with Crippen molar-refractivity contribution in [2.45, 2.75) is 82.1 Å². The minimum Gasteiger partial charge on any atom is -0.353 e. The van der Waals surface area contributed by atoms with Gasteiger partial charge in [0.2, 0.25) is 15.9 Å². The normalized spacial score (nSPS) is 26.7. The molecule has 6 heteroatoms. The van der Waals surface area contributed by atoms with Crippen LogP contribution in [-0.2, 0) is 27.7 Å². The summed E-state index contributed by atoms with van der Waals surface area (Å²) < 4.78 is 27.8. The van der Waals surface area contributed by atoms with Gasteiger partial charge in [-0.3, -0.25) is 4.79 Å². The molecule has 1 saturated carbocycles. The van der Waals surface area contributed by atoms with Gasteiger partial charge in [-0.2, -0.15) is 4.31 Å². The summed E-state index contributed by atoms with van der Waals surface area (Å²) >= 11 is 0. The van der Waals surface area contributed by atoms with Crippen molar-refractivity contribution >= 4 is 15.9 Å². The Kier molecular flexibility index (Phi) is 6.30. The van der Waals surface area contributed by atoms with E-state index in [4.69, 9.17) is 0 Å². The number of nitrogens with one attached hydrogen (secondary N) is 1. The van der Waals surface area contributed by atoms with Crippen molar-refractivity contribution < 1.29 is 13.2 Å². The van der Waals surface area contributed by atoms with Crippen molar-refractivity contribution in [1.29, 1.82) is 0 Å². The van der Waals surface area contributed by atoms with Gasteiger partial charge in [-0.1, -0.05) is 25.8 Å². The standard InChI is InChI=1S/C23H34N2O3S/c1-17-6-2-5-9-22(17)24-23(26)19-12-14-25(15-13-19)29(27,28)21-11-10-18-7-3-4-8-20(18)16-21/h10-11,16-17,19,22H,2-9,12-15H2,1H3,(H,24,26). The molecule has 160 valence electrons. The second-order valence-corrected chi connectivity index (χ2v) is 11.1. The van der Waals surface area contributed by atoms with Crippen LogP contribution in [-0.4, -0.2) is 37.8 Å². The van der Waals surface area contributed by atoms with Crippen molar-refractivity contribution in [3.05, 3.63) is 29.3 Å². The van der Waals surface area contributed by atoms with Crippen LogP contribution in [0.1, 0.15) is 69.4 Å². The van der Waals surface area contributed by atoms with Gasteiger partial charge in [0.1, 0.15) is 0 Å². The van der Waals surface area contributed by atoms with Crippen LogP contribution in [0, 0.1) is 11.8 Å². The van der Waals surface area contributed by atoms with Crippen LogP contribution < -0.4 is 5.32 Å². The molecule has 0 bridgehead atoms. The Balaban J connectivity index is 1.36. The van der Waals surface area contributed by atoms with Crippen LogP contribution in [0.15, 0.2) is 23.1 Å². The maximum Gasteiger partial charge on any atom is 0.243 e. The van der Waals surface area contributed by atoms with Crippen LogP contribution in [0.25, 0.3) is 0 Å². The molecule has 1 N–H and O–H groups in total. The van der Waals surface area contributed by atoms with E-state index in [2.05, 4.69) is 12.2 Å². The number of fused-ring (bicyclic) bond motifs is 1. The zero-order valence-electron chi connectivity index (χ0n) is 17.5. The molecule has 29 heavy (non-hydrogen) atoms. The molecule has 1 aromatic rings. The Labute approximate surface area is 175 Å². The van der Waals surface area contributed by atoms with E-state index in [0.717, 1.165) is 25.7 Å². The van der Waals surface area contributed by atoms with Crippen LogP contribution >= 0.6 is 0 Å². The molecule has 3 aliphatic rings. The van der Waals surface area contributed by atoms with E-state index in [-0.39, 0.29) is 17.9 Å². The minimum atomic E-state index is -3.48. The van der Waals surface area contributed by atoms with E-state index in [9.17, 15) is 13.2 Å². The lowest BCUT2D eigenvalue weighted by atomic mass is 9.85. The van der Waals surface area contributed by atoms with Gasteiger partial charge < -0.3 is 5.32 Å². The summed E-state index contributed by atoms with van der Waals surface area (Å²) in [5.74, 6) is 0.589. The number of amides is 1. The highest BCUT2D eigenvalue weighted by atomic mass is 32.2. The van der Waals surface area contributed by atoms with Crippen LogP contribution in [0.5, 0.6) is 0 Å². The molecule has 0 radical (unpaired) electrons. The van der Waals surface area contributed by atoms with Crippen molar-refractivity contribution in [3.63, 3.8) is 0 Å². The predicted octanol–water partition coefficient (Wildman–Crippen LogP) is 3.66. The van der Waals surface area contributed by atoms with Crippen molar-refractivity contribution in [2.75, 3.05) is 13.1 Å². The lowest BCUT2D eigenvalue weighted by Crippen LogP contribution is -2.47. The zero-order chi connectivity index (χ0) is 20.4. The minimum absolute atomic E-state index is 0.0703. The quantitative estimate of drug-likeness (QED) is 0.811. The monoisotopic (exact) mass is 418 g/mol. The fourth-order valence-corrected chi connectivity index (χ4v) is 6.73. The van der Waals surface area contributed by atoms with Gasteiger partial charge >= 0.3 is 0 Å². The molecule has 1 amide bonds. The number of sulfonamides is 1. The third kappa shape index (κ3) is 4.53. The topological polar surface area (TPSA) is 66.5 Å². The summed E-state index contributed by atoms with van der Waals surface area (Å²) in [6.45, 7) is 3.08. The molecule has 4 rings (SSSR count). The largest absolute Gasteiger partial charge is 0.353 e. The maximum absolute atomic E-state index is 13.1. The third-order valence-corrected chi connectivity index (χ3v) is 9.12. The highest BCUT2D eigenvalue weighted by Gasteiger charge is 2.34. The van der Waals surface area contributed by atoms with Gasteiger partial charge in [0, 0.05) is 25.0 Å². The van der Waals surface area contributed by atoms with E-state index in [1.54, 1.807) is 10.4 Å². The molecule has 0 spiro atoms. The molecule has 2 fully saturated rings. The van der Waals surface area contributed by atoms with Crippen LogP contribution in [0.3, 0.4) is 0 Å². The van der Waals surface area contributed by atoms with E-state index in [0.29, 0.717) is 36.7 Å². The lowest BCUT2D eigenvalue weighted by molar-refractivity contribution is -0.127. The van der Waals surface area contributed by atoms with Gasteiger partial charge in [-0.15, -0.1) is 0 Å². The number of hydrogen-bond acceptors (Lipinski definition) is 3. The molecule has 1 saturated heterocycles. The summed E-state index contributed by atoms with van der Waals surface area (Å²) in [7, 11) is -3.48. The maximum atomic E-state index is 13.1. The number of carbonyl (C=O) groups is 1. The van der Waals surface area contributed by atoms with Crippen molar-refractivity contribution in [2.24, 2.45) is 11.8 Å². The molecule has 1 heterocycles. The molecule has 2 atom stereocenters. The number of nitrogens with zero attached hydrogens (tertiary/aromatic N) is 1. The van der Waals surface area contributed by atoms with E-state index < -0.39 is 10.0 Å². The molecular weight excluding hydrogens is 384 g/mol. The van der Waals surface area contributed by atoms with Gasteiger partial charge in [0.25, 0.3) is 0 Å². The Morgan fingerprint density at radius 3 is 2.38 bits per heavy atom. The number of aryl methyl sites for hydroxylation is 2. The first-order valence-electron chi connectivity index (χ1n) is 11.4. The van der Waals surface area contributed by atoms with E-state index in [1.165, 1.54) is 36.8 Å². The second kappa shape index (κ2) is 8.76. The smallest absolute Gasteiger partial charge is 0.243 e. The number of rotatable bonds is 4. The SMILES string of the molecule is CC1CCCCC1NC(=O)C1CCN(S(=O)(=O)c2ccc3c(c2)CCCC3)CC1. The molecule has 2 aliphatic carbocycles. The molecule has 5 nitrogen and oxygen atoms in total. The van der Waals surface area contributed by atoms with E-state index in [1.807, 2.05) is 12.1 Å². The number of hydrogen-bond donors (Lipinski definition) is 1. The number of piperidine rings is 1. The molecular formula is C23H34N2O3S. The summed E-state index contributed by atoms with van der Waals surface area (Å²) in [6, 6.07) is 5.93. The first-order chi connectivity index (χ1) is 13.9. The highest BCUT2D eigenvalue weighted by molar-refractivity contribution is 7.89. The lowest BCUT2D eigenvalue weighted by Gasteiger charge is -2.34. The first kappa shape index (κ1) is 20.9. The van der Waals surface area contributed by atoms with Crippen LogP contribution in [0.4, 0.5) is 0 Å². The number of carbonyl (C=O) groups excluding carboxylic acids is 1. The Morgan fingerprint density at radius 2 is 1.66 bits per heavy atom. The van der Waals surface area contributed by atoms with Gasteiger partial charge in [0.15, 0.2) is 0 Å². The van der Waals surface area contributed by atoms with Crippen LogP contribution in [0.2, 0.25) is 0 Å². The molecule has 1 aliphatic heterocycles. The molecule has 0 aromatic heterocycles. The summed E-state index contributed by atoms with van der Waals surface area (Å²) in [5, 5.41) is 3.25. The van der Waals surface area contributed by atoms with Crippen molar-refractivity contribution in [1.82, 2.24) is 9.62 Å². The Bertz CT molecular complexity index is 844. The summed E-state index contributed by atoms with van der Waals surface area (Å²) in [4.78, 5) is 13.1.